The molecule has 0 aromatic heterocycles. The van der Waals surface area contributed by atoms with Gasteiger partial charge in [0.1, 0.15) is 0 Å². The molecule has 0 aromatic rings. The maximum absolute atomic E-state index is 10.8. The third kappa shape index (κ3) is 3.42. The molecule has 0 spiro atoms. The predicted molar refractivity (Wildman–Crippen MR) is 64.9 cm³/mol. The minimum Gasteiger partial charge on any atom is -0.481 e. The van der Waals surface area contributed by atoms with E-state index < -0.39 is 5.97 Å². The number of carbonyl (C=O) groups is 1. The summed E-state index contributed by atoms with van der Waals surface area (Å²) in [6, 6.07) is 0.536. The molecule has 98 valence electrons. The van der Waals surface area contributed by atoms with Gasteiger partial charge in [0.25, 0.3) is 0 Å². The van der Waals surface area contributed by atoms with Gasteiger partial charge in [-0.05, 0) is 44.6 Å². The standard InChI is InChI=1S/C13H23NO3/c1-10(12-4-6-17-9-12)14-5-2-3-11(8-14)7-13(15)16/h10-12H,2-9H2,1H3,(H,15,16). The van der Waals surface area contributed by atoms with E-state index in [9.17, 15) is 4.79 Å². The first kappa shape index (κ1) is 12.8. The van der Waals surface area contributed by atoms with E-state index >= 15 is 0 Å². The highest BCUT2D eigenvalue weighted by Gasteiger charge is 2.30. The van der Waals surface area contributed by atoms with Gasteiger partial charge in [-0.15, -0.1) is 0 Å². The fourth-order valence-electron chi connectivity index (χ4n) is 3.11. The Hall–Kier alpha value is -0.610. The Morgan fingerprint density at radius 2 is 2.35 bits per heavy atom. The van der Waals surface area contributed by atoms with E-state index in [0.717, 1.165) is 45.6 Å². The van der Waals surface area contributed by atoms with Gasteiger partial charge in [0, 0.05) is 25.6 Å². The van der Waals surface area contributed by atoms with Crippen LogP contribution in [0, 0.1) is 11.8 Å². The van der Waals surface area contributed by atoms with Crippen molar-refractivity contribution in [3.05, 3.63) is 0 Å². The first-order valence-electron chi connectivity index (χ1n) is 6.70. The molecule has 2 rings (SSSR count). The number of nitrogens with zero attached hydrogens (tertiary/aromatic N) is 1. The molecule has 0 aromatic carbocycles. The number of carboxylic acid groups (broad SMARTS) is 1. The quantitative estimate of drug-likeness (QED) is 0.812. The molecule has 0 amide bonds. The Kier molecular flexibility index (Phi) is 4.40. The summed E-state index contributed by atoms with van der Waals surface area (Å²) in [6.45, 7) is 6.10. The highest BCUT2D eigenvalue weighted by Crippen LogP contribution is 2.26. The second kappa shape index (κ2) is 5.83. The topological polar surface area (TPSA) is 49.8 Å². The second-order valence-corrected chi connectivity index (χ2v) is 5.47. The predicted octanol–water partition coefficient (Wildman–Crippen LogP) is 1.60. The minimum atomic E-state index is -0.659. The summed E-state index contributed by atoms with van der Waals surface area (Å²) in [7, 11) is 0. The molecule has 2 aliphatic heterocycles. The van der Waals surface area contributed by atoms with Crippen LogP contribution in [0.2, 0.25) is 0 Å². The van der Waals surface area contributed by atoms with Crippen LogP contribution >= 0.6 is 0 Å². The zero-order chi connectivity index (χ0) is 12.3. The van der Waals surface area contributed by atoms with Crippen LogP contribution in [0.3, 0.4) is 0 Å². The van der Waals surface area contributed by atoms with Crippen molar-refractivity contribution in [2.45, 2.75) is 38.6 Å². The molecule has 2 heterocycles. The van der Waals surface area contributed by atoms with Crippen molar-refractivity contribution < 1.29 is 14.6 Å². The van der Waals surface area contributed by atoms with Crippen molar-refractivity contribution in [2.24, 2.45) is 11.8 Å². The van der Waals surface area contributed by atoms with E-state index in [-0.39, 0.29) is 0 Å². The Labute approximate surface area is 103 Å². The first-order valence-corrected chi connectivity index (χ1v) is 6.70. The van der Waals surface area contributed by atoms with Crippen LogP contribution in [0.1, 0.15) is 32.6 Å². The lowest BCUT2D eigenvalue weighted by molar-refractivity contribution is -0.138. The van der Waals surface area contributed by atoms with Crippen molar-refractivity contribution in [3.63, 3.8) is 0 Å². The van der Waals surface area contributed by atoms with E-state index in [1.165, 1.54) is 0 Å². The minimum absolute atomic E-state index is 0.324. The average Bonchev–Trinajstić information content (AvgIpc) is 2.81. The molecule has 0 radical (unpaired) electrons. The van der Waals surface area contributed by atoms with E-state index in [0.29, 0.717) is 24.3 Å². The fraction of sp³-hybridized carbons (Fsp3) is 0.923. The van der Waals surface area contributed by atoms with Gasteiger partial charge in [0.15, 0.2) is 0 Å². The Morgan fingerprint density at radius 1 is 1.53 bits per heavy atom. The molecule has 4 nitrogen and oxygen atoms in total. The lowest BCUT2D eigenvalue weighted by atomic mass is 9.91. The molecule has 2 aliphatic rings. The summed E-state index contributed by atoms with van der Waals surface area (Å²) in [5.74, 6) is 0.318. The molecule has 0 bridgehead atoms. The van der Waals surface area contributed by atoms with Gasteiger partial charge in [0.05, 0.1) is 6.61 Å². The number of hydrogen-bond donors (Lipinski definition) is 1. The smallest absolute Gasteiger partial charge is 0.303 e. The van der Waals surface area contributed by atoms with E-state index in [1.54, 1.807) is 0 Å². The molecule has 0 saturated carbocycles. The largest absolute Gasteiger partial charge is 0.481 e. The third-order valence-corrected chi connectivity index (χ3v) is 4.24. The molecule has 2 fully saturated rings. The van der Waals surface area contributed by atoms with Crippen molar-refractivity contribution in [1.29, 1.82) is 0 Å². The average molecular weight is 241 g/mol. The van der Waals surface area contributed by atoms with Crippen LogP contribution < -0.4 is 0 Å². The molecule has 2 saturated heterocycles. The number of aliphatic carboxylic acids is 1. The Balaban J connectivity index is 1.85. The number of rotatable bonds is 4. The van der Waals surface area contributed by atoms with E-state index in [1.807, 2.05) is 0 Å². The highest BCUT2D eigenvalue weighted by molar-refractivity contribution is 5.67. The lowest BCUT2D eigenvalue weighted by Gasteiger charge is -2.38. The molecular weight excluding hydrogens is 218 g/mol. The maximum Gasteiger partial charge on any atom is 0.303 e. The number of piperidine rings is 1. The molecule has 3 atom stereocenters. The summed E-state index contributed by atoms with van der Waals surface area (Å²) in [5.41, 5.74) is 0. The maximum atomic E-state index is 10.8. The lowest BCUT2D eigenvalue weighted by Crippen LogP contribution is -2.45. The van der Waals surface area contributed by atoms with Crippen LogP contribution in [-0.2, 0) is 9.53 Å². The second-order valence-electron chi connectivity index (χ2n) is 5.47. The first-order chi connectivity index (χ1) is 8.16. The molecule has 4 heteroatoms. The Morgan fingerprint density at radius 3 is 3.00 bits per heavy atom. The van der Waals surface area contributed by atoms with Crippen LogP contribution in [0.15, 0.2) is 0 Å². The van der Waals surface area contributed by atoms with Gasteiger partial charge in [-0.25, -0.2) is 0 Å². The van der Waals surface area contributed by atoms with Crippen LogP contribution in [-0.4, -0.2) is 48.3 Å². The van der Waals surface area contributed by atoms with Gasteiger partial charge in [-0.2, -0.15) is 0 Å². The van der Waals surface area contributed by atoms with E-state index in [2.05, 4.69) is 11.8 Å². The van der Waals surface area contributed by atoms with Crippen molar-refractivity contribution in [2.75, 3.05) is 26.3 Å². The fourth-order valence-corrected chi connectivity index (χ4v) is 3.11. The monoisotopic (exact) mass is 241 g/mol. The van der Waals surface area contributed by atoms with Crippen LogP contribution in [0.4, 0.5) is 0 Å². The van der Waals surface area contributed by atoms with E-state index in [4.69, 9.17) is 9.84 Å². The van der Waals surface area contributed by atoms with Gasteiger partial charge in [-0.3, -0.25) is 4.79 Å². The zero-order valence-electron chi connectivity index (χ0n) is 10.6. The summed E-state index contributed by atoms with van der Waals surface area (Å²) in [5, 5.41) is 8.86. The SMILES string of the molecule is CC(C1CCOC1)N1CCCC(CC(=O)O)C1. The van der Waals surface area contributed by atoms with Crippen LogP contribution in [0.25, 0.3) is 0 Å². The summed E-state index contributed by atoms with van der Waals surface area (Å²) >= 11 is 0. The van der Waals surface area contributed by atoms with Crippen LogP contribution in [0.5, 0.6) is 0 Å². The molecule has 3 unspecified atom stereocenters. The van der Waals surface area contributed by atoms with Crippen molar-refractivity contribution >= 4 is 5.97 Å². The molecule has 17 heavy (non-hydrogen) atoms. The highest BCUT2D eigenvalue weighted by atomic mass is 16.5. The Bertz CT molecular complexity index is 263. The zero-order valence-corrected chi connectivity index (χ0v) is 10.6. The third-order valence-electron chi connectivity index (χ3n) is 4.24. The van der Waals surface area contributed by atoms with Gasteiger partial charge in [0.2, 0.25) is 0 Å². The van der Waals surface area contributed by atoms with Crippen molar-refractivity contribution in [3.8, 4) is 0 Å². The molecule has 0 aliphatic carbocycles. The number of likely N-dealkylation sites (tertiary alicyclic amines) is 1. The van der Waals surface area contributed by atoms with Gasteiger partial charge < -0.3 is 14.7 Å². The van der Waals surface area contributed by atoms with Gasteiger partial charge >= 0.3 is 5.97 Å². The van der Waals surface area contributed by atoms with Crippen molar-refractivity contribution in [1.82, 2.24) is 4.90 Å². The number of ether oxygens (including phenoxy) is 1. The van der Waals surface area contributed by atoms with Gasteiger partial charge in [-0.1, -0.05) is 0 Å². The molecule has 1 N–H and O–H groups in total. The normalized spacial score (nSPS) is 32.5. The summed E-state index contributed by atoms with van der Waals surface area (Å²) in [4.78, 5) is 13.2. The number of hydrogen-bond acceptors (Lipinski definition) is 3. The summed E-state index contributed by atoms with van der Waals surface area (Å²) in [6.07, 6.45) is 3.68. The summed E-state index contributed by atoms with van der Waals surface area (Å²) < 4.78 is 5.44. The number of carboxylic acids is 1. The molecular formula is C13H23NO3.